The van der Waals surface area contributed by atoms with Crippen LogP contribution in [-0.4, -0.2) is 93.5 Å². The second-order valence-corrected chi connectivity index (χ2v) is 6.47. The summed E-state index contributed by atoms with van der Waals surface area (Å²) in [6.07, 6.45) is 3.46. The quantitative estimate of drug-likeness (QED) is 0.248. The van der Waals surface area contributed by atoms with Gasteiger partial charge >= 0.3 is 0 Å². The first-order valence-electron chi connectivity index (χ1n) is 10.7. The molecule has 8 nitrogen and oxygen atoms in total. The fourth-order valence-corrected chi connectivity index (χ4v) is 2.51. The molecule has 0 radical (unpaired) electrons. The lowest BCUT2D eigenvalue weighted by Gasteiger charge is -2.15. The van der Waals surface area contributed by atoms with E-state index in [4.69, 9.17) is 37.9 Å². The lowest BCUT2D eigenvalue weighted by atomic mass is 10.1. The summed E-state index contributed by atoms with van der Waals surface area (Å²) in [5, 5.41) is 0. The van der Waals surface area contributed by atoms with Crippen LogP contribution in [0.2, 0.25) is 0 Å². The maximum absolute atomic E-state index is 5.86. The van der Waals surface area contributed by atoms with E-state index in [9.17, 15) is 0 Å². The van der Waals surface area contributed by atoms with Crippen LogP contribution in [0.3, 0.4) is 0 Å². The molecule has 0 spiro atoms. The van der Waals surface area contributed by atoms with E-state index in [1.807, 2.05) is 12.1 Å². The predicted molar refractivity (Wildman–Crippen MR) is 125 cm³/mol. The highest BCUT2D eigenvalue weighted by atomic mass is 16.6. The number of hydrogen-bond acceptors (Lipinski definition) is 8. The Bertz CT molecular complexity index is 567. The van der Waals surface area contributed by atoms with Gasteiger partial charge in [0.05, 0.1) is 66.1 Å². The summed E-state index contributed by atoms with van der Waals surface area (Å²) in [6, 6.07) is 3.77. The number of ether oxygens (including phenoxy) is 8. The third-order valence-electron chi connectivity index (χ3n) is 4.16. The zero-order chi connectivity index (χ0) is 23.3. The maximum atomic E-state index is 5.86. The van der Waals surface area contributed by atoms with Crippen LogP contribution in [0.1, 0.15) is 11.1 Å². The van der Waals surface area contributed by atoms with Crippen molar-refractivity contribution in [2.24, 2.45) is 0 Å². The van der Waals surface area contributed by atoms with Crippen LogP contribution < -0.4 is 9.47 Å². The van der Waals surface area contributed by atoms with Crippen molar-refractivity contribution in [3.05, 3.63) is 36.4 Å². The van der Waals surface area contributed by atoms with Crippen molar-refractivity contribution in [2.45, 2.75) is 0 Å². The van der Waals surface area contributed by atoms with Crippen molar-refractivity contribution in [2.75, 3.05) is 93.5 Å². The molecule has 1 aromatic rings. The summed E-state index contributed by atoms with van der Waals surface area (Å²) in [6.45, 7) is 13.8. The van der Waals surface area contributed by atoms with Gasteiger partial charge in [0.25, 0.3) is 0 Å². The largest absolute Gasteiger partial charge is 0.491 e. The third kappa shape index (κ3) is 12.8. The minimum Gasteiger partial charge on any atom is -0.491 e. The van der Waals surface area contributed by atoms with E-state index in [1.54, 1.807) is 26.4 Å². The van der Waals surface area contributed by atoms with Gasteiger partial charge in [0.15, 0.2) is 0 Å². The van der Waals surface area contributed by atoms with E-state index in [1.165, 1.54) is 0 Å². The molecule has 0 amide bonds. The van der Waals surface area contributed by atoms with Crippen molar-refractivity contribution in [3.8, 4) is 11.5 Å². The van der Waals surface area contributed by atoms with Gasteiger partial charge in [-0.1, -0.05) is 25.3 Å². The van der Waals surface area contributed by atoms with Gasteiger partial charge in [0, 0.05) is 25.3 Å². The van der Waals surface area contributed by atoms with Crippen molar-refractivity contribution in [1.82, 2.24) is 0 Å². The van der Waals surface area contributed by atoms with Crippen LogP contribution in [0, 0.1) is 0 Å². The summed E-state index contributed by atoms with van der Waals surface area (Å²) in [5.74, 6) is 1.40. The Kier molecular flexibility index (Phi) is 17.3. The number of hydrogen-bond donors (Lipinski definition) is 0. The van der Waals surface area contributed by atoms with Crippen LogP contribution in [0.25, 0.3) is 12.2 Å². The van der Waals surface area contributed by atoms with Crippen molar-refractivity contribution in [1.29, 1.82) is 0 Å². The molecule has 8 heteroatoms. The van der Waals surface area contributed by atoms with E-state index < -0.39 is 0 Å². The van der Waals surface area contributed by atoms with Gasteiger partial charge in [-0.25, -0.2) is 0 Å². The van der Waals surface area contributed by atoms with Crippen LogP contribution >= 0.6 is 0 Å². The van der Waals surface area contributed by atoms with Gasteiger partial charge < -0.3 is 37.9 Å². The molecule has 1 rings (SSSR count). The summed E-state index contributed by atoms with van der Waals surface area (Å²) in [7, 11) is 3.28. The molecule has 0 fully saturated rings. The number of methoxy groups -OCH3 is 2. The fraction of sp³-hybridized carbons (Fsp3) is 0.583. The van der Waals surface area contributed by atoms with Crippen molar-refractivity contribution < 1.29 is 37.9 Å². The molecule has 0 heterocycles. The standard InChI is InChI=1S/C24H38O8/c1-5-21-19-24(32-18-16-30-14-12-28-10-8-26-4)22(6-2)20-23(21)31-17-15-29-13-11-27-9-7-25-3/h5-6,19-20H,1-2,7-18H2,3-4H3. The first kappa shape index (κ1) is 28.1. The Labute approximate surface area is 192 Å². The van der Waals surface area contributed by atoms with E-state index >= 15 is 0 Å². The van der Waals surface area contributed by atoms with Gasteiger partial charge in [-0.15, -0.1) is 0 Å². The number of rotatable bonds is 22. The molecule has 0 N–H and O–H groups in total. The fourth-order valence-electron chi connectivity index (χ4n) is 2.51. The lowest BCUT2D eigenvalue weighted by molar-refractivity contribution is 0.0177. The van der Waals surface area contributed by atoms with Crippen LogP contribution in [0.4, 0.5) is 0 Å². The molecule has 0 saturated carbocycles. The van der Waals surface area contributed by atoms with Gasteiger partial charge in [0.2, 0.25) is 0 Å². The van der Waals surface area contributed by atoms with E-state index in [2.05, 4.69) is 13.2 Å². The maximum Gasteiger partial charge on any atom is 0.127 e. The van der Waals surface area contributed by atoms with Gasteiger partial charge in [-0.2, -0.15) is 0 Å². The van der Waals surface area contributed by atoms with Gasteiger partial charge in [-0.3, -0.25) is 0 Å². The highest BCUT2D eigenvalue weighted by Gasteiger charge is 2.09. The lowest BCUT2D eigenvalue weighted by Crippen LogP contribution is -2.13. The summed E-state index contributed by atoms with van der Waals surface area (Å²) >= 11 is 0. The molecule has 0 aliphatic heterocycles. The smallest absolute Gasteiger partial charge is 0.127 e. The molecule has 32 heavy (non-hydrogen) atoms. The predicted octanol–water partition coefficient (Wildman–Crippen LogP) is 3.09. The minimum absolute atomic E-state index is 0.413. The van der Waals surface area contributed by atoms with Crippen LogP contribution in [0.5, 0.6) is 11.5 Å². The monoisotopic (exact) mass is 454 g/mol. The molecule has 0 aliphatic carbocycles. The summed E-state index contributed by atoms with van der Waals surface area (Å²) < 4.78 is 43.3. The van der Waals surface area contributed by atoms with Crippen molar-refractivity contribution >= 4 is 12.2 Å². The Morgan fingerprint density at radius 1 is 0.531 bits per heavy atom. The molecule has 0 atom stereocenters. The molecular weight excluding hydrogens is 416 g/mol. The average molecular weight is 455 g/mol. The first-order chi connectivity index (χ1) is 15.8. The second-order valence-electron chi connectivity index (χ2n) is 6.47. The Balaban J connectivity index is 2.34. The molecule has 0 aliphatic rings. The molecule has 0 bridgehead atoms. The normalized spacial score (nSPS) is 10.8. The SMILES string of the molecule is C=Cc1cc(OCCOCCOCCOC)c(C=C)cc1OCCOCCOCCOC. The zero-order valence-corrected chi connectivity index (χ0v) is 19.5. The Morgan fingerprint density at radius 3 is 1.16 bits per heavy atom. The zero-order valence-electron chi connectivity index (χ0n) is 19.5. The third-order valence-corrected chi connectivity index (χ3v) is 4.16. The summed E-state index contributed by atoms with van der Waals surface area (Å²) in [4.78, 5) is 0. The molecule has 1 aromatic carbocycles. The Morgan fingerprint density at radius 2 is 0.844 bits per heavy atom. The average Bonchev–Trinajstić information content (AvgIpc) is 2.82. The first-order valence-corrected chi connectivity index (χ1v) is 10.7. The molecule has 182 valence electrons. The second kappa shape index (κ2) is 19.7. The van der Waals surface area contributed by atoms with E-state index in [-0.39, 0.29) is 0 Å². The molecule has 0 aromatic heterocycles. The highest BCUT2D eigenvalue weighted by molar-refractivity contribution is 5.66. The highest BCUT2D eigenvalue weighted by Crippen LogP contribution is 2.30. The molecular formula is C24H38O8. The topological polar surface area (TPSA) is 73.8 Å². The minimum atomic E-state index is 0.413. The Hall–Kier alpha value is -1.94. The van der Waals surface area contributed by atoms with E-state index in [0.29, 0.717) is 90.8 Å². The van der Waals surface area contributed by atoms with Crippen LogP contribution in [0.15, 0.2) is 25.3 Å². The summed E-state index contributed by atoms with van der Waals surface area (Å²) in [5.41, 5.74) is 1.67. The van der Waals surface area contributed by atoms with Crippen LogP contribution in [-0.2, 0) is 28.4 Å². The molecule has 0 saturated heterocycles. The number of benzene rings is 1. The molecule has 0 unspecified atom stereocenters. The van der Waals surface area contributed by atoms with Gasteiger partial charge in [-0.05, 0) is 12.1 Å². The van der Waals surface area contributed by atoms with Gasteiger partial charge in [0.1, 0.15) is 24.7 Å². The van der Waals surface area contributed by atoms with E-state index in [0.717, 1.165) is 11.1 Å². The van der Waals surface area contributed by atoms with Crippen molar-refractivity contribution in [3.63, 3.8) is 0 Å².